The van der Waals surface area contributed by atoms with E-state index in [1.165, 1.54) is 24.0 Å². The Morgan fingerprint density at radius 2 is 1.53 bits per heavy atom. The summed E-state index contributed by atoms with van der Waals surface area (Å²) in [5.74, 6) is 0.814. The summed E-state index contributed by atoms with van der Waals surface area (Å²) in [4.78, 5) is 21.7. The molecule has 0 amide bonds. The van der Waals surface area contributed by atoms with Crippen LogP contribution in [0.4, 0.5) is 5.95 Å². The largest absolute Gasteiger partial charge is 0.423 e. The van der Waals surface area contributed by atoms with Crippen LogP contribution < -0.4 is 10.1 Å². The smallest absolute Gasteiger partial charge is 0.311 e. The fourth-order valence-corrected chi connectivity index (χ4v) is 4.09. The Balaban J connectivity index is 1.57. The van der Waals surface area contributed by atoms with E-state index in [0.717, 1.165) is 32.1 Å². The molecule has 3 aromatic rings. The van der Waals surface area contributed by atoms with Crippen LogP contribution in [-0.2, 0) is 11.2 Å². The highest BCUT2D eigenvalue weighted by atomic mass is 16.5. The van der Waals surface area contributed by atoms with Crippen LogP contribution in [0.25, 0.3) is 0 Å². The van der Waals surface area contributed by atoms with Crippen molar-refractivity contribution in [2.45, 2.75) is 78.2 Å². The van der Waals surface area contributed by atoms with E-state index in [1.54, 1.807) is 0 Å². The van der Waals surface area contributed by atoms with Crippen LogP contribution in [0, 0.1) is 13.8 Å². The van der Waals surface area contributed by atoms with Gasteiger partial charge >= 0.3 is 5.97 Å². The highest BCUT2D eigenvalue weighted by Crippen LogP contribution is 2.27. The lowest BCUT2D eigenvalue weighted by Gasteiger charge is -2.20. The number of hydrogen-bond donors (Lipinski definition) is 1. The van der Waals surface area contributed by atoms with Crippen LogP contribution in [-0.4, -0.2) is 15.9 Å². The molecule has 180 valence electrons. The molecule has 0 fully saturated rings. The van der Waals surface area contributed by atoms with Gasteiger partial charge in [0.25, 0.3) is 0 Å². The Morgan fingerprint density at radius 3 is 2.18 bits per heavy atom. The van der Waals surface area contributed by atoms with Crippen molar-refractivity contribution < 1.29 is 9.53 Å². The number of unbranched alkanes of at least 4 members (excludes halogenated alkanes) is 3. The number of esters is 1. The maximum atomic E-state index is 12.4. The monoisotopic (exact) mass is 459 g/mol. The molecule has 1 N–H and O–H groups in total. The minimum atomic E-state index is -0.231. The Labute approximate surface area is 204 Å². The van der Waals surface area contributed by atoms with Crippen molar-refractivity contribution in [2.24, 2.45) is 0 Å². The van der Waals surface area contributed by atoms with Gasteiger partial charge in [0.1, 0.15) is 0 Å². The molecule has 3 rings (SSSR count). The maximum absolute atomic E-state index is 12.4. The van der Waals surface area contributed by atoms with E-state index in [1.807, 2.05) is 38.1 Å². The Bertz CT molecular complexity index is 999. The van der Waals surface area contributed by atoms with E-state index >= 15 is 0 Å². The first-order valence-corrected chi connectivity index (χ1v) is 12.5. The number of nitrogens with zero attached hydrogens (tertiary/aromatic N) is 2. The summed E-state index contributed by atoms with van der Waals surface area (Å²) in [5.41, 5.74) is 3.87. The van der Waals surface area contributed by atoms with Crippen LogP contribution in [0.2, 0.25) is 0 Å². The van der Waals surface area contributed by atoms with Crippen molar-refractivity contribution in [3.8, 4) is 5.75 Å². The zero-order valence-corrected chi connectivity index (χ0v) is 20.7. The molecule has 0 radical (unpaired) electrons. The first kappa shape index (κ1) is 25.4. The summed E-state index contributed by atoms with van der Waals surface area (Å²) in [5, 5.41) is 3.51. The number of nitrogens with one attached hydrogen (secondary N) is 1. The number of ether oxygens (including phenoxy) is 1. The highest BCUT2D eigenvalue weighted by molar-refractivity contribution is 5.73. The predicted octanol–water partition coefficient (Wildman–Crippen LogP) is 7.15. The van der Waals surface area contributed by atoms with Crippen LogP contribution in [0.15, 0.2) is 60.7 Å². The maximum Gasteiger partial charge on any atom is 0.311 e. The zero-order valence-electron chi connectivity index (χ0n) is 20.7. The lowest BCUT2D eigenvalue weighted by Crippen LogP contribution is -2.16. The molecule has 34 heavy (non-hydrogen) atoms. The second-order valence-electron chi connectivity index (χ2n) is 8.82. The molecule has 0 bridgehead atoms. The number of hydrogen-bond acceptors (Lipinski definition) is 5. The molecule has 5 nitrogen and oxygen atoms in total. The summed E-state index contributed by atoms with van der Waals surface area (Å²) in [6, 6.07) is 20.9. The molecule has 1 atom stereocenters. The van der Waals surface area contributed by atoms with E-state index in [9.17, 15) is 4.79 Å². The average molecular weight is 460 g/mol. The van der Waals surface area contributed by atoms with Gasteiger partial charge in [-0.1, -0.05) is 86.8 Å². The average Bonchev–Trinajstić information content (AvgIpc) is 2.85. The van der Waals surface area contributed by atoms with Gasteiger partial charge in [-0.3, -0.25) is 4.79 Å². The zero-order chi connectivity index (χ0) is 24.2. The van der Waals surface area contributed by atoms with E-state index in [-0.39, 0.29) is 12.0 Å². The SMILES string of the molecule is CCCCCC(Nc1nc(C)c(OC(=O)CCCCc2ccccc2)c(C)n1)c1ccccc1. The van der Waals surface area contributed by atoms with Crippen molar-refractivity contribution in [1.29, 1.82) is 0 Å². The third kappa shape index (κ3) is 7.98. The number of carbonyl (C=O) groups is 1. The lowest BCUT2D eigenvalue weighted by molar-refractivity contribution is -0.134. The quantitative estimate of drug-likeness (QED) is 0.217. The van der Waals surface area contributed by atoms with Gasteiger partial charge < -0.3 is 10.1 Å². The Kier molecular flexibility index (Phi) is 10.1. The van der Waals surface area contributed by atoms with Gasteiger partial charge in [0.2, 0.25) is 5.95 Å². The van der Waals surface area contributed by atoms with Gasteiger partial charge in [0.15, 0.2) is 5.75 Å². The lowest BCUT2D eigenvalue weighted by atomic mass is 10.0. The van der Waals surface area contributed by atoms with Gasteiger partial charge in [-0.2, -0.15) is 0 Å². The highest BCUT2D eigenvalue weighted by Gasteiger charge is 2.17. The summed E-state index contributed by atoms with van der Waals surface area (Å²) < 4.78 is 5.66. The molecule has 0 aliphatic heterocycles. The van der Waals surface area contributed by atoms with Crippen molar-refractivity contribution in [1.82, 2.24) is 9.97 Å². The fraction of sp³-hybridized carbons (Fsp3) is 0.414. The second kappa shape index (κ2) is 13.5. The van der Waals surface area contributed by atoms with Gasteiger partial charge in [0.05, 0.1) is 17.4 Å². The van der Waals surface area contributed by atoms with Crippen molar-refractivity contribution in [3.63, 3.8) is 0 Å². The van der Waals surface area contributed by atoms with Crippen LogP contribution >= 0.6 is 0 Å². The van der Waals surface area contributed by atoms with Gasteiger partial charge in [0, 0.05) is 6.42 Å². The molecule has 0 aliphatic rings. The predicted molar refractivity (Wildman–Crippen MR) is 138 cm³/mol. The number of aryl methyl sites for hydroxylation is 3. The first-order valence-electron chi connectivity index (χ1n) is 12.5. The van der Waals surface area contributed by atoms with Gasteiger partial charge in [-0.05, 0) is 50.7 Å². The first-order chi connectivity index (χ1) is 16.6. The summed E-state index contributed by atoms with van der Waals surface area (Å²) in [6.45, 7) is 5.95. The molecule has 0 saturated heterocycles. The van der Waals surface area contributed by atoms with Crippen molar-refractivity contribution in [3.05, 3.63) is 83.2 Å². The number of aromatic nitrogens is 2. The molecule has 1 unspecified atom stereocenters. The molecule has 5 heteroatoms. The molecule has 1 aromatic heterocycles. The number of anilines is 1. The molecule has 2 aromatic carbocycles. The molecule has 0 spiro atoms. The molecular formula is C29H37N3O2. The second-order valence-corrected chi connectivity index (χ2v) is 8.82. The van der Waals surface area contributed by atoms with Crippen molar-refractivity contribution in [2.75, 3.05) is 5.32 Å². The Hall–Kier alpha value is -3.21. The topological polar surface area (TPSA) is 64.1 Å². The third-order valence-electron chi connectivity index (χ3n) is 5.96. The summed E-state index contributed by atoms with van der Waals surface area (Å²) in [7, 11) is 0. The van der Waals surface area contributed by atoms with E-state index in [2.05, 4.69) is 58.6 Å². The number of benzene rings is 2. The van der Waals surface area contributed by atoms with E-state index in [4.69, 9.17) is 4.74 Å². The molecule has 0 saturated carbocycles. The third-order valence-corrected chi connectivity index (χ3v) is 5.96. The number of carbonyl (C=O) groups excluding carboxylic acids is 1. The van der Waals surface area contributed by atoms with E-state index < -0.39 is 0 Å². The molecule has 1 heterocycles. The van der Waals surface area contributed by atoms with Gasteiger partial charge in [-0.25, -0.2) is 9.97 Å². The standard InChI is InChI=1S/C29H37N3O2/c1-4-5-8-20-26(25-18-11-7-12-19-25)32-29-30-22(2)28(23(3)31-29)34-27(33)21-14-13-17-24-15-9-6-10-16-24/h6-7,9-12,15-16,18-19,26H,4-5,8,13-14,17,20-21H2,1-3H3,(H,30,31,32). The summed E-state index contributed by atoms with van der Waals surface area (Å²) >= 11 is 0. The van der Waals surface area contributed by atoms with Crippen LogP contribution in [0.3, 0.4) is 0 Å². The Morgan fingerprint density at radius 1 is 0.882 bits per heavy atom. The van der Waals surface area contributed by atoms with Crippen LogP contribution in [0.5, 0.6) is 5.75 Å². The normalized spacial score (nSPS) is 11.7. The molecular weight excluding hydrogens is 422 g/mol. The minimum absolute atomic E-state index is 0.143. The summed E-state index contributed by atoms with van der Waals surface area (Å²) in [6.07, 6.45) is 7.64. The molecule has 0 aliphatic carbocycles. The van der Waals surface area contributed by atoms with Crippen molar-refractivity contribution >= 4 is 11.9 Å². The number of rotatable bonds is 13. The minimum Gasteiger partial charge on any atom is -0.423 e. The van der Waals surface area contributed by atoms with E-state index in [0.29, 0.717) is 29.5 Å². The fourth-order valence-electron chi connectivity index (χ4n) is 4.09. The van der Waals surface area contributed by atoms with Crippen LogP contribution in [0.1, 0.15) is 80.4 Å². The van der Waals surface area contributed by atoms with Gasteiger partial charge in [-0.15, -0.1) is 0 Å².